The van der Waals surface area contributed by atoms with Crippen molar-refractivity contribution in [3.05, 3.63) is 80.5 Å². The van der Waals surface area contributed by atoms with Gasteiger partial charge in [-0.3, -0.25) is 4.99 Å². The van der Waals surface area contributed by atoms with E-state index in [1.807, 2.05) is 55.0 Å². The summed E-state index contributed by atoms with van der Waals surface area (Å²) >= 11 is 9.56. The van der Waals surface area contributed by atoms with Crippen molar-refractivity contribution in [3.63, 3.8) is 0 Å². The van der Waals surface area contributed by atoms with Gasteiger partial charge in [-0.25, -0.2) is 4.79 Å². The topological polar surface area (TPSA) is 54.6 Å². The molecule has 26 heavy (non-hydrogen) atoms. The number of hydrogen-bond acceptors (Lipinski definition) is 2. The molecule has 0 aliphatic carbocycles. The second-order valence-corrected chi connectivity index (χ2v) is 7.19. The van der Waals surface area contributed by atoms with Gasteiger partial charge in [-0.05, 0) is 56.3 Å². The zero-order valence-corrected chi connectivity index (χ0v) is 16.5. The van der Waals surface area contributed by atoms with Crippen LogP contribution in [0.4, 0.5) is 5.69 Å². The summed E-state index contributed by atoms with van der Waals surface area (Å²) in [5, 5.41) is 9.34. The number of carboxylic acids is 1. The van der Waals surface area contributed by atoms with Gasteiger partial charge in [0.05, 0.1) is 16.3 Å². The van der Waals surface area contributed by atoms with E-state index in [9.17, 15) is 4.79 Å². The highest BCUT2D eigenvalue weighted by atomic mass is 79.9. The van der Waals surface area contributed by atoms with Crippen LogP contribution in [0.3, 0.4) is 0 Å². The summed E-state index contributed by atoms with van der Waals surface area (Å²) in [7, 11) is 0. The Hall–Kier alpha value is -2.37. The number of aryl methyl sites for hydroxylation is 1. The van der Waals surface area contributed by atoms with Gasteiger partial charge in [-0.15, -0.1) is 0 Å². The zero-order chi connectivity index (χ0) is 18.8. The summed E-state index contributed by atoms with van der Waals surface area (Å²) in [5.74, 6) is -1.04. The van der Waals surface area contributed by atoms with Gasteiger partial charge in [0, 0.05) is 33.3 Å². The van der Waals surface area contributed by atoms with Gasteiger partial charge in [0.2, 0.25) is 0 Å². The van der Waals surface area contributed by atoms with Crippen LogP contribution < -0.4 is 0 Å². The summed E-state index contributed by atoms with van der Waals surface area (Å²) in [6.45, 7) is 3.98. The number of hydrogen-bond donors (Lipinski definition) is 1. The van der Waals surface area contributed by atoms with Crippen molar-refractivity contribution in [3.8, 4) is 5.69 Å². The lowest BCUT2D eigenvalue weighted by Crippen LogP contribution is -2.02. The minimum absolute atomic E-state index is 0.0920. The molecule has 6 heteroatoms. The van der Waals surface area contributed by atoms with Crippen molar-refractivity contribution < 1.29 is 9.90 Å². The maximum absolute atomic E-state index is 11.1. The molecule has 1 N–H and O–H groups in total. The van der Waals surface area contributed by atoms with Crippen molar-refractivity contribution in [1.82, 2.24) is 4.57 Å². The molecule has 0 bridgehead atoms. The third-order valence-corrected chi connectivity index (χ3v) is 4.88. The van der Waals surface area contributed by atoms with Crippen LogP contribution in [0.5, 0.6) is 0 Å². The van der Waals surface area contributed by atoms with Gasteiger partial charge in [0.1, 0.15) is 0 Å². The summed E-state index contributed by atoms with van der Waals surface area (Å²) in [6, 6.07) is 14.8. The standard InChI is InChI=1S/C20H16BrClN2O2/c1-12-8-14(11-23-16-5-3-4-15(21)9-16)13(2)24(12)17-6-7-18(20(25)26)19(22)10-17/h3-11H,1-2H3,(H,25,26). The van der Waals surface area contributed by atoms with Crippen LogP contribution in [0.15, 0.2) is 58.0 Å². The van der Waals surface area contributed by atoms with Gasteiger partial charge in [0.25, 0.3) is 0 Å². The highest BCUT2D eigenvalue weighted by Gasteiger charge is 2.13. The Balaban J connectivity index is 1.98. The lowest BCUT2D eigenvalue weighted by molar-refractivity contribution is 0.0697. The lowest BCUT2D eigenvalue weighted by Gasteiger charge is -2.11. The molecule has 4 nitrogen and oxygen atoms in total. The first-order valence-corrected chi connectivity index (χ1v) is 9.05. The van der Waals surface area contributed by atoms with Gasteiger partial charge >= 0.3 is 5.97 Å². The fraction of sp³-hybridized carbons (Fsp3) is 0.100. The molecule has 1 aromatic heterocycles. The molecule has 0 unspecified atom stereocenters. The van der Waals surface area contributed by atoms with Crippen LogP contribution in [0, 0.1) is 13.8 Å². The maximum Gasteiger partial charge on any atom is 0.337 e. The summed E-state index contributed by atoms with van der Waals surface area (Å²) in [6.07, 6.45) is 1.83. The Kier molecular flexibility index (Phi) is 5.30. The van der Waals surface area contributed by atoms with E-state index in [1.165, 1.54) is 6.07 Å². The monoisotopic (exact) mass is 430 g/mol. The molecule has 2 aromatic carbocycles. The van der Waals surface area contributed by atoms with Crippen LogP contribution in [-0.2, 0) is 0 Å². The van der Waals surface area contributed by atoms with Crippen LogP contribution in [0.2, 0.25) is 5.02 Å². The van der Waals surface area contributed by atoms with E-state index in [0.29, 0.717) is 0 Å². The largest absolute Gasteiger partial charge is 0.478 e. The number of benzene rings is 2. The number of aliphatic imine (C=N–C) groups is 1. The molecule has 3 aromatic rings. The molecular weight excluding hydrogens is 416 g/mol. The normalized spacial score (nSPS) is 11.2. The molecule has 1 heterocycles. The molecule has 0 saturated carbocycles. The average molecular weight is 432 g/mol. The molecule has 0 aliphatic heterocycles. The van der Waals surface area contributed by atoms with Gasteiger partial charge in [0.15, 0.2) is 0 Å². The molecule has 0 saturated heterocycles. The molecule has 0 amide bonds. The van der Waals surface area contributed by atoms with Crippen molar-refractivity contribution in [2.75, 3.05) is 0 Å². The minimum Gasteiger partial charge on any atom is -0.478 e. The van der Waals surface area contributed by atoms with E-state index >= 15 is 0 Å². The number of nitrogens with zero attached hydrogens (tertiary/aromatic N) is 2. The number of carboxylic acid groups (broad SMARTS) is 1. The van der Waals surface area contributed by atoms with Crippen LogP contribution in [-0.4, -0.2) is 21.9 Å². The Bertz CT molecular complexity index is 1020. The first-order valence-electron chi connectivity index (χ1n) is 7.88. The number of rotatable bonds is 4. The number of carbonyl (C=O) groups is 1. The maximum atomic E-state index is 11.1. The van der Waals surface area contributed by atoms with Crippen LogP contribution in [0.1, 0.15) is 27.3 Å². The highest BCUT2D eigenvalue weighted by Crippen LogP contribution is 2.25. The number of halogens is 2. The predicted octanol–water partition coefficient (Wildman–Crippen LogP) is 5.96. The first kappa shape index (κ1) is 18.4. The Morgan fingerprint density at radius 1 is 1.19 bits per heavy atom. The first-order chi connectivity index (χ1) is 12.4. The second-order valence-electron chi connectivity index (χ2n) is 5.87. The van der Waals surface area contributed by atoms with Gasteiger partial charge < -0.3 is 9.67 Å². The van der Waals surface area contributed by atoms with Gasteiger partial charge in [-0.1, -0.05) is 33.6 Å². The molecule has 132 valence electrons. The molecule has 0 atom stereocenters. The smallest absolute Gasteiger partial charge is 0.337 e. The van der Waals surface area contributed by atoms with Crippen LogP contribution in [0.25, 0.3) is 5.69 Å². The summed E-state index contributed by atoms with van der Waals surface area (Å²) < 4.78 is 3.01. The zero-order valence-electron chi connectivity index (χ0n) is 14.2. The number of aromatic carboxylic acids is 1. The number of aromatic nitrogens is 1. The summed E-state index contributed by atoms with van der Waals surface area (Å²) in [4.78, 5) is 15.7. The SMILES string of the molecule is Cc1cc(C=Nc2cccc(Br)c2)c(C)n1-c1ccc(C(=O)O)c(Cl)c1. The van der Waals surface area contributed by atoms with Crippen LogP contribution >= 0.6 is 27.5 Å². The van der Waals surface area contributed by atoms with E-state index in [2.05, 4.69) is 20.9 Å². The fourth-order valence-corrected chi connectivity index (χ4v) is 3.48. The third kappa shape index (κ3) is 3.74. The van der Waals surface area contributed by atoms with Crippen molar-refractivity contribution in [1.29, 1.82) is 0 Å². The van der Waals surface area contributed by atoms with Crippen molar-refractivity contribution in [2.24, 2.45) is 4.99 Å². The van der Waals surface area contributed by atoms with E-state index in [4.69, 9.17) is 16.7 Å². The predicted molar refractivity (Wildman–Crippen MR) is 109 cm³/mol. The van der Waals surface area contributed by atoms with Gasteiger partial charge in [-0.2, -0.15) is 0 Å². The Morgan fingerprint density at radius 2 is 1.96 bits per heavy atom. The molecule has 0 aliphatic rings. The fourth-order valence-electron chi connectivity index (χ4n) is 2.83. The van der Waals surface area contributed by atoms with E-state index < -0.39 is 5.97 Å². The average Bonchev–Trinajstić information content (AvgIpc) is 2.86. The molecular formula is C20H16BrClN2O2. The quantitative estimate of drug-likeness (QED) is 0.518. The van der Waals surface area contributed by atoms with Crippen molar-refractivity contribution >= 4 is 45.4 Å². The minimum atomic E-state index is -1.04. The molecule has 3 rings (SSSR count). The van der Waals surface area contributed by atoms with E-state index in [1.54, 1.807) is 12.1 Å². The second kappa shape index (κ2) is 7.48. The highest BCUT2D eigenvalue weighted by molar-refractivity contribution is 9.10. The van der Waals surface area contributed by atoms with E-state index in [0.717, 1.165) is 32.8 Å². The molecule has 0 fully saturated rings. The molecule has 0 radical (unpaired) electrons. The molecule has 0 spiro atoms. The lowest BCUT2D eigenvalue weighted by atomic mass is 10.2. The van der Waals surface area contributed by atoms with Crippen molar-refractivity contribution in [2.45, 2.75) is 13.8 Å². The Morgan fingerprint density at radius 3 is 2.62 bits per heavy atom. The van der Waals surface area contributed by atoms with E-state index in [-0.39, 0.29) is 10.6 Å². The Labute approximate surface area is 164 Å². The third-order valence-electron chi connectivity index (χ3n) is 4.07. The summed E-state index contributed by atoms with van der Waals surface area (Å²) in [5.41, 5.74) is 4.77.